The van der Waals surface area contributed by atoms with E-state index in [4.69, 9.17) is 11.6 Å². The Morgan fingerprint density at radius 1 is 1.32 bits per heavy atom. The average molecular weight is 343 g/mol. The van der Waals surface area contributed by atoms with Crippen LogP contribution in [0, 0.1) is 16.7 Å². The highest BCUT2D eigenvalue weighted by atomic mass is 79.9. The number of rotatable bonds is 2. The summed E-state index contributed by atoms with van der Waals surface area (Å²) < 4.78 is 1.08. The Morgan fingerprint density at radius 3 is 2.63 bits per heavy atom. The predicted octanol–water partition coefficient (Wildman–Crippen LogP) is 5.73. The van der Waals surface area contributed by atoms with E-state index in [1.54, 1.807) is 0 Å². The summed E-state index contributed by atoms with van der Waals surface area (Å²) in [4.78, 5) is 0. The summed E-state index contributed by atoms with van der Waals surface area (Å²) in [5, 5.41) is 4.53. The average Bonchev–Trinajstić information content (AvgIpc) is 2.67. The van der Waals surface area contributed by atoms with Gasteiger partial charge in [-0.15, -0.1) is 0 Å². The predicted molar refractivity (Wildman–Crippen MR) is 85.8 cm³/mol. The van der Waals surface area contributed by atoms with Crippen molar-refractivity contribution in [2.24, 2.45) is 16.7 Å². The molecule has 1 aromatic rings. The second-order valence-corrected chi connectivity index (χ2v) is 8.25. The van der Waals surface area contributed by atoms with Crippen LogP contribution < -0.4 is 5.32 Å². The summed E-state index contributed by atoms with van der Waals surface area (Å²) in [6.07, 6.45) is 3.98. The van der Waals surface area contributed by atoms with Crippen molar-refractivity contribution in [1.82, 2.24) is 0 Å². The lowest BCUT2D eigenvalue weighted by Gasteiger charge is -2.40. The molecule has 0 aliphatic heterocycles. The van der Waals surface area contributed by atoms with E-state index in [9.17, 15) is 0 Å². The minimum atomic E-state index is 0.378. The summed E-state index contributed by atoms with van der Waals surface area (Å²) in [5.41, 5.74) is 1.87. The molecule has 3 heteroatoms. The van der Waals surface area contributed by atoms with Gasteiger partial charge in [0.05, 0.1) is 10.7 Å². The molecule has 1 N–H and O–H groups in total. The van der Waals surface area contributed by atoms with Gasteiger partial charge in [-0.2, -0.15) is 0 Å². The minimum Gasteiger partial charge on any atom is -0.380 e. The molecule has 1 nitrogen and oxygen atoms in total. The van der Waals surface area contributed by atoms with Crippen molar-refractivity contribution in [1.29, 1.82) is 0 Å². The molecule has 2 aliphatic rings. The maximum atomic E-state index is 6.31. The molecule has 3 atom stereocenters. The Kier molecular flexibility index (Phi) is 3.18. The van der Waals surface area contributed by atoms with Crippen molar-refractivity contribution < 1.29 is 0 Å². The second kappa shape index (κ2) is 4.39. The van der Waals surface area contributed by atoms with Gasteiger partial charge in [-0.05, 0) is 54.2 Å². The summed E-state index contributed by atoms with van der Waals surface area (Å²) >= 11 is 9.83. The standard InChI is InChI=1S/C16H21BrClN/c1-15(2)10-6-7-16(15,3)14(8-10)19-13-9-11(17)4-5-12(13)18/h4-5,9-10,14,19H,6-8H2,1-3H3. The lowest BCUT2D eigenvalue weighted by atomic mass is 9.69. The fourth-order valence-corrected chi connectivity index (χ4v) is 4.75. The zero-order valence-corrected chi connectivity index (χ0v) is 14.1. The van der Waals surface area contributed by atoms with Gasteiger partial charge in [0.15, 0.2) is 0 Å². The summed E-state index contributed by atoms with van der Waals surface area (Å²) in [6.45, 7) is 7.33. The van der Waals surface area contributed by atoms with Crippen LogP contribution in [0.1, 0.15) is 40.0 Å². The molecule has 2 bridgehead atoms. The van der Waals surface area contributed by atoms with Crippen molar-refractivity contribution in [3.63, 3.8) is 0 Å². The third-order valence-corrected chi connectivity index (χ3v) is 6.88. The Balaban J connectivity index is 1.88. The fraction of sp³-hybridized carbons (Fsp3) is 0.625. The summed E-state index contributed by atoms with van der Waals surface area (Å²) in [6, 6.07) is 6.56. The number of benzene rings is 1. The van der Waals surface area contributed by atoms with Gasteiger partial charge < -0.3 is 5.32 Å². The van der Waals surface area contributed by atoms with Gasteiger partial charge in [-0.1, -0.05) is 48.3 Å². The molecule has 3 rings (SSSR count). The Morgan fingerprint density at radius 2 is 2.05 bits per heavy atom. The van der Waals surface area contributed by atoms with Gasteiger partial charge in [-0.3, -0.25) is 0 Å². The number of hydrogen-bond donors (Lipinski definition) is 1. The van der Waals surface area contributed by atoms with Crippen molar-refractivity contribution in [2.45, 2.75) is 46.1 Å². The fourth-order valence-electron chi connectivity index (χ4n) is 4.22. The number of hydrogen-bond acceptors (Lipinski definition) is 1. The second-order valence-electron chi connectivity index (χ2n) is 6.93. The van der Waals surface area contributed by atoms with Gasteiger partial charge in [0.2, 0.25) is 0 Å². The van der Waals surface area contributed by atoms with Crippen LogP contribution in [0.25, 0.3) is 0 Å². The third-order valence-electron chi connectivity index (χ3n) is 6.05. The first-order valence-corrected chi connectivity index (χ1v) is 8.23. The zero-order valence-electron chi connectivity index (χ0n) is 11.8. The minimum absolute atomic E-state index is 0.378. The SMILES string of the molecule is CC1(C)C2CCC1(C)C(Nc1cc(Br)ccc1Cl)C2. The van der Waals surface area contributed by atoms with Crippen LogP contribution in [-0.4, -0.2) is 6.04 Å². The first-order chi connectivity index (χ1) is 8.84. The van der Waals surface area contributed by atoms with E-state index in [2.05, 4.69) is 48.1 Å². The highest BCUT2D eigenvalue weighted by molar-refractivity contribution is 9.10. The van der Waals surface area contributed by atoms with Gasteiger partial charge in [0.1, 0.15) is 0 Å². The number of halogens is 2. The molecule has 0 heterocycles. The Hall–Kier alpha value is -0.210. The molecule has 2 fully saturated rings. The normalized spacial score (nSPS) is 35.6. The lowest BCUT2D eigenvalue weighted by Crippen LogP contribution is -2.40. The van der Waals surface area contributed by atoms with E-state index < -0.39 is 0 Å². The van der Waals surface area contributed by atoms with E-state index in [-0.39, 0.29) is 0 Å². The van der Waals surface area contributed by atoms with Crippen LogP contribution in [0.4, 0.5) is 5.69 Å². The number of anilines is 1. The molecule has 0 amide bonds. The van der Waals surface area contributed by atoms with Crippen LogP contribution in [0.15, 0.2) is 22.7 Å². The van der Waals surface area contributed by atoms with E-state index in [1.165, 1.54) is 19.3 Å². The molecule has 104 valence electrons. The van der Waals surface area contributed by atoms with Gasteiger partial charge >= 0.3 is 0 Å². The van der Waals surface area contributed by atoms with Crippen molar-refractivity contribution in [2.75, 3.05) is 5.32 Å². The van der Waals surface area contributed by atoms with Crippen LogP contribution in [0.5, 0.6) is 0 Å². The third kappa shape index (κ3) is 1.94. The molecule has 2 aliphatic carbocycles. The van der Waals surface area contributed by atoms with Gasteiger partial charge in [0, 0.05) is 10.5 Å². The Labute approximate surface area is 129 Å². The summed E-state index contributed by atoms with van der Waals surface area (Å²) in [5.74, 6) is 0.848. The van der Waals surface area contributed by atoms with E-state index in [0.717, 1.165) is 21.1 Å². The maximum Gasteiger partial charge on any atom is 0.0638 e. The highest BCUT2D eigenvalue weighted by Crippen LogP contribution is 2.66. The molecule has 2 saturated carbocycles. The first kappa shape index (κ1) is 13.8. The number of nitrogens with one attached hydrogen (secondary N) is 1. The molecule has 0 saturated heterocycles. The topological polar surface area (TPSA) is 12.0 Å². The monoisotopic (exact) mass is 341 g/mol. The largest absolute Gasteiger partial charge is 0.380 e. The van der Waals surface area contributed by atoms with Gasteiger partial charge in [-0.25, -0.2) is 0 Å². The zero-order chi connectivity index (χ0) is 13.8. The van der Waals surface area contributed by atoms with E-state index in [1.807, 2.05) is 12.1 Å². The molecule has 0 spiro atoms. The number of fused-ring (bicyclic) bond motifs is 2. The maximum absolute atomic E-state index is 6.31. The van der Waals surface area contributed by atoms with Crippen molar-refractivity contribution in [3.05, 3.63) is 27.7 Å². The molecule has 19 heavy (non-hydrogen) atoms. The molecule has 3 unspecified atom stereocenters. The Bertz CT molecular complexity index is 513. The molecule has 0 aromatic heterocycles. The summed E-state index contributed by atoms with van der Waals surface area (Å²) in [7, 11) is 0. The quantitative estimate of drug-likeness (QED) is 0.723. The van der Waals surface area contributed by atoms with E-state index in [0.29, 0.717) is 16.9 Å². The molecule has 1 aromatic carbocycles. The van der Waals surface area contributed by atoms with Crippen LogP contribution >= 0.6 is 27.5 Å². The van der Waals surface area contributed by atoms with Crippen LogP contribution in [0.2, 0.25) is 5.02 Å². The van der Waals surface area contributed by atoms with E-state index >= 15 is 0 Å². The van der Waals surface area contributed by atoms with Crippen LogP contribution in [0.3, 0.4) is 0 Å². The first-order valence-electron chi connectivity index (χ1n) is 7.06. The van der Waals surface area contributed by atoms with Gasteiger partial charge in [0.25, 0.3) is 0 Å². The van der Waals surface area contributed by atoms with Crippen molar-refractivity contribution >= 4 is 33.2 Å². The smallest absolute Gasteiger partial charge is 0.0638 e. The molecule has 0 radical (unpaired) electrons. The molecular formula is C16H21BrClN. The lowest BCUT2D eigenvalue weighted by molar-refractivity contribution is 0.142. The van der Waals surface area contributed by atoms with Crippen molar-refractivity contribution in [3.8, 4) is 0 Å². The molecular weight excluding hydrogens is 322 g/mol. The highest BCUT2D eigenvalue weighted by Gasteiger charge is 2.61. The van der Waals surface area contributed by atoms with Crippen LogP contribution in [-0.2, 0) is 0 Å².